The fraction of sp³-hybridized carbons (Fsp3) is 0.529. The zero-order valence-corrected chi connectivity index (χ0v) is 12.0. The van der Waals surface area contributed by atoms with Crippen LogP contribution in [0, 0.1) is 23.6 Å². The highest BCUT2D eigenvalue weighted by atomic mass is 19.1. The second-order valence-electron chi connectivity index (χ2n) is 5.26. The maximum absolute atomic E-state index is 13.9. The van der Waals surface area contributed by atoms with Gasteiger partial charge in [0.25, 0.3) is 0 Å². The predicted molar refractivity (Wildman–Crippen MR) is 79.0 cm³/mol. The molecular formula is C17H22FNO. The molecule has 2 nitrogen and oxygen atoms in total. The van der Waals surface area contributed by atoms with E-state index >= 15 is 0 Å². The lowest BCUT2D eigenvalue weighted by molar-refractivity contribution is 0.0900. The van der Waals surface area contributed by atoms with Crippen molar-refractivity contribution in [2.24, 2.45) is 11.7 Å². The fourth-order valence-corrected chi connectivity index (χ4v) is 2.79. The molecule has 1 aromatic rings. The molecule has 1 aromatic carbocycles. The van der Waals surface area contributed by atoms with Crippen molar-refractivity contribution in [1.82, 2.24) is 0 Å². The highest BCUT2D eigenvalue weighted by Gasteiger charge is 2.25. The Labute approximate surface area is 120 Å². The van der Waals surface area contributed by atoms with Crippen molar-refractivity contribution in [3.63, 3.8) is 0 Å². The van der Waals surface area contributed by atoms with Gasteiger partial charge < -0.3 is 10.5 Å². The molecule has 0 radical (unpaired) electrons. The molecule has 0 aliphatic heterocycles. The first-order chi connectivity index (χ1) is 9.74. The summed E-state index contributed by atoms with van der Waals surface area (Å²) in [5.41, 5.74) is 5.66. The molecule has 108 valence electrons. The molecule has 0 spiro atoms. The largest absolute Gasteiger partial charge is 0.490 e. The first-order valence-corrected chi connectivity index (χ1v) is 7.39. The van der Waals surface area contributed by atoms with Crippen LogP contribution in [0.1, 0.15) is 44.6 Å². The Balaban J connectivity index is 2.07. The molecule has 0 aromatic heterocycles. The number of nitrogens with two attached hydrogens (primary N) is 1. The highest BCUT2D eigenvalue weighted by Crippen LogP contribution is 2.30. The molecule has 2 rings (SSSR count). The summed E-state index contributed by atoms with van der Waals surface area (Å²) in [5.74, 6) is 6.23. The topological polar surface area (TPSA) is 35.2 Å². The van der Waals surface area contributed by atoms with Gasteiger partial charge in [-0.3, -0.25) is 0 Å². The van der Waals surface area contributed by atoms with Gasteiger partial charge >= 0.3 is 0 Å². The summed E-state index contributed by atoms with van der Waals surface area (Å²) >= 11 is 0. The van der Waals surface area contributed by atoms with E-state index in [1.54, 1.807) is 12.1 Å². The molecule has 1 aliphatic rings. The van der Waals surface area contributed by atoms with E-state index < -0.39 is 0 Å². The van der Waals surface area contributed by atoms with Crippen LogP contribution in [-0.4, -0.2) is 12.6 Å². The van der Waals surface area contributed by atoms with Gasteiger partial charge in [0.15, 0.2) is 0 Å². The third kappa shape index (κ3) is 3.74. The fourth-order valence-electron chi connectivity index (χ4n) is 2.79. The minimum atomic E-state index is -0.340. The average Bonchev–Trinajstić information content (AvgIpc) is 2.47. The molecule has 20 heavy (non-hydrogen) atoms. The molecule has 3 heteroatoms. The van der Waals surface area contributed by atoms with Gasteiger partial charge in [0.05, 0.1) is 12.1 Å². The average molecular weight is 275 g/mol. The Bertz CT molecular complexity index is 503. The van der Waals surface area contributed by atoms with Crippen LogP contribution in [-0.2, 0) is 0 Å². The molecule has 1 saturated carbocycles. The standard InChI is InChI=1S/C17H22FNO/c1-2-13-6-3-4-8-17(13)20-15-10-9-14(7-5-11-19)16(18)12-15/h9-10,12-13,17H,2-4,6,8,11,19H2,1H3. The van der Waals surface area contributed by atoms with Crippen LogP contribution in [0.2, 0.25) is 0 Å². The van der Waals surface area contributed by atoms with Crippen molar-refractivity contribution in [3.8, 4) is 17.6 Å². The monoisotopic (exact) mass is 275 g/mol. The lowest BCUT2D eigenvalue weighted by Gasteiger charge is -2.31. The Hall–Kier alpha value is -1.53. The highest BCUT2D eigenvalue weighted by molar-refractivity contribution is 5.40. The molecule has 0 bridgehead atoms. The van der Waals surface area contributed by atoms with Gasteiger partial charge in [0, 0.05) is 6.07 Å². The van der Waals surface area contributed by atoms with E-state index in [1.165, 1.54) is 25.3 Å². The van der Waals surface area contributed by atoms with E-state index in [0.29, 0.717) is 17.2 Å². The summed E-state index contributed by atoms with van der Waals surface area (Å²) in [4.78, 5) is 0. The molecule has 2 atom stereocenters. The Kier molecular flexibility index (Phi) is 5.43. The number of rotatable bonds is 3. The van der Waals surface area contributed by atoms with Crippen molar-refractivity contribution in [3.05, 3.63) is 29.6 Å². The first kappa shape index (κ1) is 14.9. The third-order valence-corrected chi connectivity index (χ3v) is 3.92. The van der Waals surface area contributed by atoms with Crippen LogP contribution in [0.4, 0.5) is 4.39 Å². The van der Waals surface area contributed by atoms with Crippen LogP contribution < -0.4 is 10.5 Å². The van der Waals surface area contributed by atoms with E-state index in [-0.39, 0.29) is 18.5 Å². The Morgan fingerprint density at radius 2 is 2.15 bits per heavy atom. The molecule has 2 unspecified atom stereocenters. The lowest BCUT2D eigenvalue weighted by atomic mass is 9.85. The quantitative estimate of drug-likeness (QED) is 0.857. The van der Waals surface area contributed by atoms with Gasteiger partial charge in [0.2, 0.25) is 0 Å². The lowest BCUT2D eigenvalue weighted by Crippen LogP contribution is -2.29. The molecular weight excluding hydrogens is 253 g/mol. The van der Waals surface area contributed by atoms with E-state index in [4.69, 9.17) is 10.5 Å². The normalized spacial score (nSPS) is 21.9. The van der Waals surface area contributed by atoms with Gasteiger partial charge in [-0.1, -0.05) is 25.2 Å². The molecule has 0 saturated heterocycles. The molecule has 1 fully saturated rings. The number of halogens is 1. The number of hydrogen-bond acceptors (Lipinski definition) is 2. The van der Waals surface area contributed by atoms with Crippen LogP contribution in [0.3, 0.4) is 0 Å². The Morgan fingerprint density at radius 3 is 2.85 bits per heavy atom. The van der Waals surface area contributed by atoms with E-state index in [2.05, 4.69) is 18.8 Å². The molecule has 2 N–H and O–H groups in total. The van der Waals surface area contributed by atoms with Gasteiger partial charge in [-0.15, -0.1) is 0 Å². The number of hydrogen-bond donors (Lipinski definition) is 1. The van der Waals surface area contributed by atoms with Crippen LogP contribution >= 0.6 is 0 Å². The minimum Gasteiger partial charge on any atom is -0.490 e. The van der Waals surface area contributed by atoms with Gasteiger partial charge in [-0.2, -0.15) is 0 Å². The van der Waals surface area contributed by atoms with E-state index in [0.717, 1.165) is 12.8 Å². The minimum absolute atomic E-state index is 0.217. The van der Waals surface area contributed by atoms with E-state index in [9.17, 15) is 4.39 Å². The van der Waals surface area contributed by atoms with Crippen LogP contribution in [0.15, 0.2) is 18.2 Å². The third-order valence-electron chi connectivity index (χ3n) is 3.92. The summed E-state index contributed by atoms with van der Waals surface area (Å²) in [5, 5.41) is 0. The summed E-state index contributed by atoms with van der Waals surface area (Å²) in [7, 11) is 0. The van der Waals surface area contributed by atoms with Gasteiger partial charge in [-0.05, 0) is 43.7 Å². The zero-order chi connectivity index (χ0) is 14.4. The Morgan fingerprint density at radius 1 is 1.35 bits per heavy atom. The summed E-state index contributed by atoms with van der Waals surface area (Å²) < 4.78 is 19.9. The summed E-state index contributed by atoms with van der Waals surface area (Å²) in [6.45, 7) is 2.43. The predicted octanol–water partition coefficient (Wildman–Crippen LogP) is 3.48. The summed E-state index contributed by atoms with van der Waals surface area (Å²) in [6, 6.07) is 4.89. The summed E-state index contributed by atoms with van der Waals surface area (Å²) in [6.07, 6.45) is 6.09. The van der Waals surface area contributed by atoms with E-state index in [1.807, 2.05) is 0 Å². The smallest absolute Gasteiger partial charge is 0.142 e. The SMILES string of the molecule is CCC1CCCCC1Oc1ccc(C#CCN)c(F)c1. The van der Waals surface area contributed by atoms with Gasteiger partial charge in [-0.25, -0.2) is 4.39 Å². The first-order valence-electron chi connectivity index (χ1n) is 7.39. The maximum atomic E-state index is 13.9. The van der Waals surface area contributed by atoms with Crippen LogP contribution in [0.5, 0.6) is 5.75 Å². The molecule has 1 aliphatic carbocycles. The molecule has 0 amide bonds. The van der Waals surface area contributed by atoms with Crippen molar-refractivity contribution in [2.45, 2.75) is 45.1 Å². The van der Waals surface area contributed by atoms with Crippen molar-refractivity contribution in [1.29, 1.82) is 0 Å². The van der Waals surface area contributed by atoms with Crippen molar-refractivity contribution >= 4 is 0 Å². The molecule has 0 heterocycles. The zero-order valence-electron chi connectivity index (χ0n) is 12.0. The van der Waals surface area contributed by atoms with Crippen molar-refractivity contribution in [2.75, 3.05) is 6.54 Å². The number of benzene rings is 1. The second-order valence-corrected chi connectivity index (χ2v) is 5.26. The van der Waals surface area contributed by atoms with Crippen molar-refractivity contribution < 1.29 is 9.13 Å². The number of ether oxygens (including phenoxy) is 1. The van der Waals surface area contributed by atoms with Crippen LogP contribution in [0.25, 0.3) is 0 Å². The van der Waals surface area contributed by atoms with Gasteiger partial charge in [0.1, 0.15) is 17.7 Å². The maximum Gasteiger partial charge on any atom is 0.142 e. The second kappa shape index (κ2) is 7.31.